The molecule has 1 unspecified atom stereocenters. The summed E-state index contributed by atoms with van der Waals surface area (Å²) in [6, 6.07) is 8.46. The molecular weight excluding hydrogens is 344 g/mol. The van der Waals surface area contributed by atoms with Crippen molar-refractivity contribution in [1.29, 1.82) is 0 Å². The number of hydrogen-bond acceptors (Lipinski definition) is 3. The molecule has 4 heteroatoms. The predicted molar refractivity (Wildman–Crippen MR) is 94.9 cm³/mol. The maximum Gasteiger partial charge on any atom is 0.0931 e. The third-order valence-electron chi connectivity index (χ3n) is 3.53. The van der Waals surface area contributed by atoms with Gasteiger partial charge in [-0.3, -0.25) is 0 Å². The SMILES string of the molecule is CC(C)(C)c1csc(CC(CN)Cc2cccc(Br)c2)n1. The van der Waals surface area contributed by atoms with Crippen LogP contribution in [0.5, 0.6) is 0 Å². The summed E-state index contributed by atoms with van der Waals surface area (Å²) in [7, 11) is 0. The maximum absolute atomic E-state index is 5.96. The van der Waals surface area contributed by atoms with Crippen LogP contribution < -0.4 is 5.73 Å². The molecule has 1 atom stereocenters. The summed E-state index contributed by atoms with van der Waals surface area (Å²) in [5, 5.41) is 3.38. The third-order valence-corrected chi connectivity index (χ3v) is 4.89. The fraction of sp³-hybridized carbons (Fsp3) is 0.471. The lowest BCUT2D eigenvalue weighted by Crippen LogP contribution is -2.19. The van der Waals surface area contributed by atoms with Gasteiger partial charge in [0.2, 0.25) is 0 Å². The average molecular weight is 367 g/mol. The third kappa shape index (κ3) is 4.90. The number of rotatable bonds is 5. The Morgan fingerprint density at radius 2 is 2.05 bits per heavy atom. The number of aromatic nitrogens is 1. The van der Waals surface area contributed by atoms with Gasteiger partial charge in [0.1, 0.15) is 0 Å². The summed E-state index contributed by atoms with van der Waals surface area (Å²) < 4.78 is 1.13. The van der Waals surface area contributed by atoms with Gasteiger partial charge in [0.05, 0.1) is 10.7 Å². The molecule has 114 valence electrons. The fourth-order valence-corrected chi connectivity index (χ4v) is 3.82. The Hall–Kier alpha value is -0.710. The van der Waals surface area contributed by atoms with Gasteiger partial charge in [-0.25, -0.2) is 4.98 Å². The zero-order valence-electron chi connectivity index (χ0n) is 12.9. The van der Waals surface area contributed by atoms with Crippen molar-refractivity contribution >= 4 is 27.3 Å². The Balaban J connectivity index is 2.04. The maximum atomic E-state index is 5.96. The average Bonchev–Trinajstić information content (AvgIpc) is 2.86. The van der Waals surface area contributed by atoms with E-state index >= 15 is 0 Å². The molecule has 2 rings (SSSR count). The Labute approximate surface area is 139 Å². The highest BCUT2D eigenvalue weighted by Crippen LogP contribution is 2.26. The Bertz CT molecular complexity index is 586. The molecule has 0 saturated carbocycles. The Kier molecular flexibility index (Phi) is 5.58. The van der Waals surface area contributed by atoms with Crippen LogP contribution in [0.25, 0.3) is 0 Å². The summed E-state index contributed by atoms with van der Waals surface area (Å²) in [5.41, 5.74) is 8.59. The molecule has 1 heterocycles. The van der Waals surface area contributed by atoms with E-state index in [2.05, 4.69) is 66.3 Å². The number of nitrogens with two attached hydrogens (primary N) is 1. The van der Waals surface area contributed by atoms with Gasteiger partial charge in [-0.15, -0.1) is 11.3 Å². The van der Waals surface area contributed by atoms with Crippen molar-refractivity contribution < 1.29 is 0 Å². The molecular formula is C17H23BrN2S. The molecule has 0 aliphatic heterocycles. The summed E-state index contributed by atoms with van der Waals surface area (Å²) in [5.74, 6) is 0.443. The number of nitrogens with zero attached hydrogens (tertiary/aromatic N) is 1. The lowest BCUT2D eigenvalue weighted by atomic mass is 9.93. The highest BCUT2D eigenvalue weighted by Gasteiger charge is 2.19. The van der Waals surface area contributed by atoms with E-state index in [1.807, 2.05) is 0 Å². The second-order valence-corrected chi connectivity index (χ2v) is 8.37. The van der Waals surface area contributed by atoms with Crippen LogP contribution in [0, 0.1) is 5.92 Å². The molecule has 0 bridgehead atoms. The zero-order valence-corrected chi connectivity index (χ0v) is 15.3. The molecule has 0 aliphatic rings. The summed E-state index contributed by atoms with van der Waals surface area (Å²) >= 11 is 5.28. The Morgan fingerprint density at radius 1 is 1.29 bits per heavy atom. The largest absolute Gasteiger partial charge is 0.330 e. The molecule has 2 nitrogen and oxygen atoms in total. The summed E-state index contributed by atoms with van der Waals surface area (Å²) in [6.07, 6.45) is 1.96. The molecule has 2 aromatic rings. The van der Waals surface area contributed by atoms with E-state index in [1.54, 1.807) is 11.3 Å². The van der Waals surface area contributed by atoms with Gasteiger partial charge in [0.25, 0.3) is 0 Å². The zero-order chi connectivity index (χ0) is 15.5. The van der Waals surface area contributed by atoms with E-state index < -0.39 is 0 Å². The Morgan fingerprint density at radius 3 is 2.62 bits per heavy atom. The van der Waals surface area contributed by atoms with E-state index in [1.165, 1.54) is 16.3 Å². The first-order valence-corrected chi connectivity index (χ1v) is 8.95. The van der Waals surface area contributed by atoms with Gasteiger partial charge < -0.3 is 5.73 Å². The van der Waals surface area contributed by atoms with Gasteiger partial charge in [0.15, 0.2) is 0 Å². The number of hydrogen-bond donors (Lipinski definition) is 1. The minimum absolute atomic E-state index is 0.122. The van der Waals surface area contributed by atoms with Crippen molar-refractivity contribution in [2.75, 3.05) is 6.54 Å². The van der Waals surface area contributed by atoms with Gasteiger partial charge >= 0.3 is 0 Å². The number of halogens is 1. The van der Waals surface area contributed by atoms with Crippen molar-refractivity contribution in [1.82, 2.24) is 4.98 Å². The van der Waals surface area contributed by atoms with E-state index in [9.17, 15) is 0 Å². The van der Waals surface area contributed by atoms with Crippen molar-refractivity contribution in [2.24, 2.45) is 11.7 Å². The molecule has 0 fully saturated rings. The quantitative estimate of drug-likeness (QED) is 0.841. The molecule has 21 heavy (non-hydrogen) atoms. The topological polar surface area (TPSA) is 38.9 Å². The monoisotopic (exact) mass is 366 g/mol. The van der Waals surface area contributed by atoms with Crippen LogP contribution in [-0.2, 0) is 18.3 Å². The van der Waals surface area contributed by atoms with Crippen molar-refractivity contribution in [3.63, 3.8) is 0 Å². The molecule has 1 aromatic carbocycles. The first-order valence-electron chi connectivity index (χ1n) is 7.28. The number of thiazole rings is 1. The minimum atomic E-state index is 0.122. The highest BCUT2D eigenvalue weighted by molar-refractivity contribution is 9.10. The first-order chi connectivity index (χ1) is 9.88. The van der Waals surface area contributed by atoms with Gasteiger partial charge in [-0.05, 0) is 36.6 Å². The van der Waals surface area contributed by atoms with Gasteiger partial charge in [-0.1, -0.05) is 48.8 Å². The molecule has 1 aromatic heterocycles. The molecule has 0 amide bonds. The van der Waals surface area contributed by atoms with E-state index in [4.69, 9.17) is 10.7 Å². The molecule has 0 radical (unpaired) electrons. The molecule has 0 saturated heterocycles. The van der Waals surface area contributed by atoms with E-state index in [-0.39, 0.29) is 5.41 Å². The normalized spacial score (nSPS) is 13.4. The van der Waals surface area contributed by atoms with Crippen LogP contribution in [-0.4, -0.2) is 11.5 Å². The van der Waals surface area contributed by atoms with E-state index in [0.717, 1.165) is 17.3 Å². The van der Waals surface area contributed by atoms with Crippen molar-refractivity contribution in [3.05, 3.63) is 50.4 Å². The van der Waals surface area contributed by atoms with Crippen LogP contribution in [0.3, 0.4) is 0 Å². The minimum Gasteiger partial charge on any atom is -0.330 e. The number of benzene rings is 1. The first kappa shape index (κ1) is 16.7. The van der Waals surface area contributed by atoms with Crippen molar-refractivity contribution in [2.45, 2.75) is 39.0 Å². The lowest BCUT2D eigenvalue weighted by Gasteiger charge is -2.15. The van der Waals surface area contributed by atoms with Crippen LogP contribution in [0.4, 0.5) is 0 Å². The van der Waals surface area contributed by atoms with Crippen LogP contribution in [0.1, 0.15) is 37.0 Å². The smallest absolute Gasteiger partial charge is 0.0931 e. The van der Waals surface area contributed by atoms with Gasteiger partial charge in [0, 0.05) is 21.7 Å². The van der Waals surface area contributed by atoms with Gasteiger partial charge in [-0.2, -0.15) is 0 Å². The fourth-order valence-electron chi connectivity index (χ4n) is 2.23. The van der Waals surface area contributed by atoms with E-state index in [0.29, 0.717) is 12.5 Å². The summed E-state index contributed by atoms with van der Waals surface area (Å²) in [4.78, 5) is 4.78. The molecule has 0 spiro atoms. The standard InChI is InChI=1S/C17H23BrN2S/c1-17(2,3)15-11-21-16(20-15)9-13(10-19)7-12-5-4-6-14(18)8-12/h4-6,8,11,13H,7,9-10,19H2,1-3H3. The summed E-state index contributed by atoms with van der Waals surface area (Å²) in [6.45, 7) is 7.30. The van der Waals surface area contributed by atoms with Crippen molar-refractivity contribution in [3.8, 4) is 0 Å². The molecule has 0 aliphatic carbocycles. The van der Waals surface area contributed by atoms with Crippen LogP contribution >= 0.6 is 27.3 Å². The van der Waals surface area contributed by atoms with Crippen LogP contribution in [0.2, 0.25) is 0 Å². The predicted octanol–water partition coefficient (Wildman–Crippen LogP) is 4.56. The second kappa shape index (κ2) is 7.03. The lowest BCUT2D eigenvalue weighted by molar-refractivity contribution is 0.525. The molecule has 2 N–H and O–H groups in total. The van der Waals surface area contributed by atoms with Crippen LogP contribution in [0.15, 0.2) is 34.1 Å². The highest BCUT2D eigenvalue weighted by atomic mass is 79.9. The second-order valence-electron chi connectivity index (χ2n) is 6.52.